The predicted octanol–water partition coefficient (Wildman–Crippen LogP) is 5.10. The van der Waals surface area contributed by atoms with Crippen LogP contribution in [0, 0.1) is 11.8 Å². The number of aliphatic hydroxyl groups is 1. The molecular weight excluding hydrogens is 411 g/mol. The highest BCUT2D eigenvalue weighted by atomic mass is 19.4. The van der Waals surface area contributed by atoms with E-state index in [-0.39, 0.29) is 41.5 Å². The third-order valence-electron chi connectivity index (χ3n) is 6.41. The van der Waals surface area contributed by atoms with Crippen molar-refractivity contribution in [1.82, 2.24) is 4.98 Å². The van der Waals surface area contributed by atoms with Crippen molar-refractivity contribution in [1.29, 1.82) is 0 Å². The molecule has 31 heavy (non-hydrogen) atoms. The van der Waals surface area contributed by atoms with Crippen LogP contribution < -0.4 is 4.74 Å². The first-order valence-corrected chi connectivity index (χ1v) is 10.2. The number of ether oxygens (including phenoxy) is 2. The molecule has 1 aliphatic carbocycles. The summed E-state index contributed by atoms with van der Waals surface area (Å²) in [5, 5.41) is 10.9. The number of aromatic nitrogens is 1. The van der Waals surface area contributed by atoms with Crippen molar-refractivity contribution in [2.24, 2.45) is 11.8 Å². The second-order valence-electron chi connectivity index (χ2n) is 8.12. The summed E-state index contributed by atoms with van der Waals surface area (Å²) in [7, 11) is 0. The van der Waals surface area contributed by atoms with E-state index >= 15 is 0 Å². The van der Waals surface area contributed by atoms with Crippen LogP contribution in [0.1, 0.15) is 36.5 Å². The monoisotopic (exact) mass is 431 g/mol. The number of pyridine rings is 1. The van der Waals surface area contributed by atoms with Crippen molar-refractivity contribution in [3.8, 4) is 11.6 Å². The number of halogens is 3. The Kier molecular flexibility index (Phi) is 4.58. The molecule has 0 unspecified atom stereocenters. The summed E-state index contributed by atoms with van der Waals surface area (Å²) in [6, 6.07) is 7.15. The number of carbonyl (C=O) groups excluding carboxylic acids is 1. The smallest absolute Gasteiger partial charge is 0.417 e. The summed E-state index contributed by atoms with van der Waals surface area (Å²) < 4.78 is 49.7. The molecule has 1 aromatic heterocycles. The molecule has 0 saturated carbocycles. The van der Waals surface area contributed by atoms with Gasteiger partial charge in [-0.3, -0.25) is 4.79 Å². The van der Waals surface area contributed by atoms with Gasteiger partial charge in [0.1, 0.15) is 11.5 Å². The third kappa shape index (κ3) is 3.20. The maximum absolute atomic E-state index is 13.2. The van der Waals surface area contributed by atoms with Crippen LogP contribution in [0.15, 0.2) is 42.3 Å². The van der Waals surface area contributed by atoms with Gasteiger partial charge < -0.3 is 14.6 Å². The number of hydrogen-bond acceptors (Lipinski definition) is 5. The summed E-state index contributed by atoms with van der Waals surface area (Å²) >= 11 is 0. The first-order valence-electron chi connectivity index (χ1n) is 10.2. The number of aryl methyl sites for hydroxylation is 1. The van der Waals surface area contributed by atoms with Crippen LogP contribution in [0.25, 0.3) is 5.57 Å². The van der Waals surface area contributed by atoms with E-state index in [1.54, 1.807) is 18.2 Å². The lowest BCUT2D eigenvalue weighted by Gasteiger charge is -2.19. The molecule has 1 aromatic carbocycles. The van der Waals surface area contributed by atoms with Crippen LogP contribution in [-0.2, 0) is 22.1 Å². The zero-order chi connectivity index (χ0) is 21.9. The molecule has 2 bridgehead atoms. The summed E-state index contributed by atoms with van der Waals surface area (Å²) in [5.41, 5.74) is 0.897. The van der Waals surface area contributed by atoms with Gasteiger partial charge in [-0.05, 0) is 48.6 Å². The summed E-state index contributed by atoms with van der Waals surface area (Å²) in [6.45, 7) is 1.95. The number of fused-ring (bicyclic) bond motifs is 5. The second-order valence-corrected chi connectivity index (χ2v) is 8.12. The molecule has 8 heteroatoms. The first kappa shape index (κ1) is 20.1. The topological polar surface area (TPSA) is 68.7 Å². The Balaban J connectivity index is 1.48. The Morgan fingerprint density at radius 2 is 1.90 bits per heavy atom. The van der Waals surface area contributed by atoms with Crippen molar-refractivity contribution >= 4 is 11.4 Å². The normalized spacial score (nSPS) is 27.2. The Labute approximate surface area is 176 Å². The zero-order valence-electron chi connectivity index (χ0n) is 16.6. The van der Waals surface area contributed by atoms with Gasteiger partial charge in [-0.25, -0.2) is 4.98 Å². The van der Waals surface area contributed by atoms with Crippen LogP contribution in [0.4, 0.5) is 13.2 Å². The lowest BCUT2D eigenvalue weighted by molar-refractivity contribution is -0.137. The van der Waals surface area contributed by atoms with Crippen molar-refractivity contribution in [2.45, 2.75) is 44.6 Å². The second kappa shape index (κ2) is 7.09. The number of Topliss-reactive ketones (excluding diaryl/α,β-unsaturated/α-hetero) is 1. The molecule has 5 rings (SSSR count). The van der Waals surface area contributed by atoms with E-state index in [0.717, 1.165) is 30.5 Å². The highest BCUT2D eigenvalue weighted by Crippen LogP contribution is 2.54. The van der Waals surface area contributed by atoms with E-state index in [2.05, 4.69) is 4.98 Å². The largest absolute Gasteiger partial charge is 0.511 e. The van der Waals surface area contributed by atoms with Gasteiger partial charge >= 0.3 is 6.18 Å². The van der Waals surface area contributed by atoms with Gasteiger partial charge in [0, 0.05) is 12.3 Å². The van der Waals surface area contributed by atoms with E-state index in [1.165, 1.54) is 0 Å². The Bertz CT molecular complexity index is 1080. The Morgan fingerprint density at radius 3 is 2.52 bits per heavy atom. The van der Waals surface area contributed by atoms with Crippen LogP contribution in [0.5, 0.6) is 11.6 Å². The number of aliphatic hydroxyl groups excluding tert-OH is 1. The lowest BCUT2D eigenvalue weighted by Crippen LogP contribution is -2.29. The van der Waals surface area contributed by atoms with Gasteiger partial charge in [-0.2, -0.15) is 13.2 Å². The van der Waals surface area contributed by atoms with Gasteiger partial charge in [-0.1, -0.05) is 13.0 Å². The standard InChI is InChI=1S/C23H20F3NO4/c1-2-11-3-5-13(30-17-8-4-12(10-27-17)23(24,25)26)9-14(11)18-21(28)19-15-6-7-16(31-15)20(19)22(18)29/h3-5,8-10,15-16,19-20,28H,2,6-7H2,1H3/t15-,16+,19-,20+/m1/s1. The highest BCUT2D eigenvalue weighted by Gasteiger charge is 2.59. The average Bonchev–Trinajstić information content (AvgIpc) is 3.41. The van der Waals surface area contributed by atoms with Crippen LogP contribution in [0.2, 0.25) is 0 Å². The van der Waals surface area contributed by atoms with E-state index in [9.17, 15) is 23.1 Å². The number of benzene rings is 1. The minimum atomic E-state index is -4.48. The van der Waals surface area contributed by atoms with Gasteiger partial charge in [0.25, 0.3) is 0 Å². The predicted molar refractivity (Wildman–Crippen MR) is 105 cm³/mol. The number of rotatable bonds is 4. The van der Waals surface area contributed by atoms with E-state index < -0.39 is 11.7 Å². The summed E-state index contributed by atoms with van der Waals surface area (Å²) in [6.07, 6.45) is -1.75. The van der Waals surface area contributed by atoms with Gasteiger partial charge in [0.15, 0.2) is 5.78 Å². The molecule has 2 aromatic rings. The molecule has 2 fully saturated rings. The van der Waals surface area contributed by atoms with E-state index in [1.807, 2.05) is 6.92 Å². The molecule has 162 valence electrons. The van der Waals surface area contributed by atoms with E-state index in [4.69, 9.17) is 9.47 Å². The SMILES string of the molecule is CCc1ccc(Oc2ccc(C(F)(F)F)cn2)cc1C1=C(O)[C@H]2[C@@H](C1=O)[C@@H]1CC[C@H]2O1. The first-order chi connectivity index (χ1) is 14.8. The minimum Gasteiger partial charge on any atom is -0.511 e. The quantitative estimate of drug-likeness (QED) is 0.730. The lowest BCUT2D eigenvalue weighted by atomic mass is 9.80. The molecule has 2 aliphatic heterocycles. The molecule has 1 N–H and O–H groups in total. The Morgan fingerprint density at radius 1 is 1.16 bits per heavy atom. The van der Waals surface area contributed by atoms with Gasteiger partial charge in [0.2, 0.25) is 5.88 Å². The fourth-order valence-electron chi connectivity index (χ4n) is 4.98. The fraction of sp³-hybridized carbons (Fsp3) is 0.391. The van der Waals surface area contributed by atoms with Crippen molar-refractivity contribution in [3.05, 3.63) is 59.0 Å². The molecule has 0 radical (unpaired) electrons. The van der Waals surface area contributed by atoms with E-state index in [0.29, 0.717) is 29.5 Å². The molecule has 4 atom stereocenters. The van der Waals surface area contributed by atoms with Crippen LogP contribution in [-0.4, -0.2) is 28.1 Å². The number of hydrogen-bond donors (Lipinski definition) is 1. The van der Waals surface area contributed by atoms with Crippen LogP contribution >= 0.6 is 0 Å². The maximum Gasteiger partial charge on any atom is 0.417 e. The fourth-order valence-corrected chi connectivity index (χ4v) is 4.98. The minimum absolute atomic E-state index is 0.00228. The third-order valence-corrected chi connectivity index (χ3v) is 6.41. The molecule has 0 spiro atoms. The number of alkyl halides is 3. The average molecular weight is 431 g/mol. The van der Waals surface area contributed by atoms with Crippen molar-refractivity contribution in [3.63, 3.8) is 0 Å². The molecular formula is C23H20F3NO4. The zero-order valence-corrected chi connectivity index (χ0v) is 16.6. The number of carbonyl (C=O) groups is 1. The molecule has 2 saturated heterocycles. The highest BCUT2D eigenvalue weighted by molar-refractivity contribution is 6.25. The number of allylic oxidation sites excluding steroid dienone is 1. The molecule has 3 heterocycles. The van der Waals surface area contributed by atoms with Crippen LogP contribution in [0.3, 0.4) is 0 Å². The molecule has 5 nitrogen and oxygen atoms in total. The van der Waals surface area contributed by atoms with Gasteiger partial charge in [0.05, 0.1) is 35.2 Å². The Hall–Kier alpha value is -2.87. The molecule has 3 aliphatic rings. The van der Waals surface area contributed by atoms with Crippen molar-refractivity contribution < 1.29 is 32.5 Å². The summed E-state index contributed by atoms with van der Waals surface area (Å²) in [4.78, 5) is 16.9. The van der Waals surface area contributed by atoms with Crippen molar-refractivity contribution in [2.75, 3.05) is 0 Å². The number of nitrogens with zero attached hydrogens (tertiary/aromatic N) is 1. The van der Waals surface area contributed by atoms with Gasteiger partial charge in [-0.15, -0.1) is 0 Å². The number of ketones is 1. The molecule has 0 amide bonds. The summed E-state index contributed by atoms with van der Waals surface area (Å²) in [5.74, 6) is -0.367. The maximum atomic E-state index is 13.2.